The quantitative estimate of drug-likeness (QED) is 0.887. The topological polar surface area (TPSA) is 68.0 Å². The van der Waals surface area contributed by atoms with Crippen molar-refractivity contribution >= 4 is 17.2 Å². The first-order chi connectivity index (χ1) is 9.58. The maximum Gasteiger partial charge on any atom is 0.226 e. The number of hydrogen-bond donors (Lipinski definition) is 2. The van der Waals surface area contributed by atoms with Gasteiger partial charge in [-0.25, -0.2) is 4.98 Å². The second-order valence-corrected chi connectivity index (χ2v) is 5.80. The molecule has 0 radical (unpaired) electrons. The lowest BCUT2D eigenvalue weighted by Crippen LogP contribution is -2.31. The van der Waals surface area contributed by atoms with E-state index in [9.17, 15) is 4.79 Å². The number of carbonyl (C=O) groups excluding carboxylic acids is 1. The fourth-order valence-electron chi connectivity index (χ4n) is 1.84. The zero-order chi connectivity index (χ0) is 14.5. The van der Waals surface area contributed by atoms with E-state index in [0.717, 1.165) is 21.8 Å². The van der Waals surface area contributed by atoms with Gasteiger partial charge in [-0.1, -0.05) is 24.3 Å². The van der Waals surface area contributed by atoms with Gasteiger partial charge in [-0.2, -0.15) is 0 Å². The Morgan fingerprint density at radius 2 is 2.05 bits per heavy atom. The van der Waals surface area contributed by atoms with Crippen molar-refractivity contribution in [1.29, 1.82) is 0 Å². The van der Waals surface area contributed by atoms with Crippen molar-refractivity contribution in [3.8, 4) is 10.6 Å². The molecule has 1 amide bonds. The first-order valence-corrected chi connectivity index (χ1v) is 7.49. The Morgan fingerprint density at radius 3 is 2.65 bits per heavy atom. The third-order valence-electron chi connectivity index (χ3n) is 2.78. The third kappa shape index (κ3) is 3.88. The SMILES string of the molecule is CC(C)NC(=O)Cc1csc(-c2ccc(CN)cc2)n1. The van der Waals surface area contributed by atoms with Crippen molar-refractivity contribution in [3.05, 3.63) is 40.9 Å². The number of hydrogen-bond acceptors (Lipinski definition) is 4. The second-order valence-electron chi connectivity index (χ2n) is 4.94. The number of aromatic nitrogens is 1. The molecule has 3 N–H and O–H groups in total. The predicted octanol–water partition coefficient (Wildman–Crippen LogP) is 2.34. The molecular weight excluding hydrogens is 270 g/mol. The molecule has 5 heteroatoms. The molecule has 2 aromatic rings. The molecule has 106 valence electrons. The van der Waals surface area contributed by atoms with Crippen LogP contribution in [0.4, 0.5) is 0 Å². The van der Waals surface area contributed by atoms with Crippen LogP contribution in [0, 0.1) is 0 Å². The summed E-state index contributed by atoms with van der Waals surface area (Å²) in [6, 6.07) is 8.19. The summed E-state index contributed by atoms with van der Waals surface area (Å²) in [5.41, 5.74) is 8.55. The fraction of sp³-hybridized carbons (Fsp3) is 0.333. The second kappa shape index (κ2) is 6.63. The Bertz CT molecular complexity index is 575. The Kier molecular flexibility index (Phi) is 4.87. The number of nitrogens with zero attached hydrogens (tertiary/aromatic N) is 1. The summed E-state index contributed by atoms with van der Waals surface area (Å²) in [4.78, 5) is 16.2. The zero-order valence-corrected chi connectivity index (χ0v) is 12.5. The van der Waals surface area contributed by atoms with Crippen molar-refractivity contribution in [2.24, 2.45) is 5.73 Å². The van der Waals surface area contributed by atoms with Gasteiger partial charge in [-0.3, -0.25) is 4.79 Å². The van der Waals surface area contributed by atoms with Crippen LogP contribution in [0.15, 0.2) is 29.6 Å². The number of amides is 1. The Hall–Kier alpha value is -1.72. The van der Waals surface area contributed by atoms with E-state index in [1.54, 1.807) is 11.3 Å². The largest absolute Gasteiger partial charge is 0.354 e. The van der Waals surface area contributed by atoms with Crippen LogP contribution in [0.1, 0.15) is 25.1 Å². The van der Waals surface area contributed by atoms with Gasteiger partial charge >= 0.3 is 0 Å². The molecule has 0 saturated carbocycles. The highest BCUT2D eigenvalue weighted by Crippen LogP contribution is 2.24. The van der Waals surface area contributed by atoms with Crippen LogP contribution in [-0.2, 0) is 17.8 Å². The molecule has 0 fully saturated rings. The zero-order valence-electron chi connectivity index (χ0n) is 11.7. The number of benzene rings is 1. The molecule has 0 spiro atoms. The summed E-state index contributed by atoms with van der Waals surface area (Å²) in [7, 11) is 0. The third-order valence-corrected chi connectivity index (χ3v) is 3.72. The number of nitrogens with one attached hydrogen (secondary N) is 1. The van der Waals surface area contributed by atoms with E-state index in [0.29, 0.717) is 13.0 Å². The lowest BCUT2D eigenvalue weighted by atomic mass is 10.1. The first kappa shape index (κ1) is 14.7. The molecule has 1 aromatic carbocycles. The molecule has 1 heterocycles. The lowest BCUT2D eigenvalue weighted by molar-refractivity contribution is -0.120. The van der Waals surface area contributed by atoms with Crippen LogP contribution in [0.3, 0.4) is 0 Å². The van der Waals surface area contributed by atoms with Crippen LogP contribution in [0.2, 0.25) is 0 Å². The standard InChI is InChI=1S/C15H19N3OS/c1-10(2)17-14(19)7-13-9-20-15(18-13)12-5-3-11(8-16)4-6-12/h3-6,9-10H,7-8,16H2,1-2H3,(H,17,19). The Balaban J connectivity index is 2.06. The first-order valence-electron chi connectivity index (χ1n) is 6.61. The molecule has 0 unspecified atom stereocenters. The van der Waals surface area contributed by atoms with Crippen molar-refractivity contribution in [1.82, 2.24) is 10.3 Å². The van der Waals surface area contributed by atoms with E-state index >= 15 is 0 Å². The van der Waals surface area contributed by atoms with Crippen LogP contribution in [0.5, 0.6) is 0 Å². The van der Waals surface area contributed by atoms with Crippen LogP contribution < -0.4 is 11.1 Å². The minimum Gasteiger partial charge on any atom is -0.354 e. The van der Waals surface area contributed by atoms with Gasteiger partial charge in [0.15, 0.2) is 0 Å². The molecule has 4 nitrogen and oxygen atoms in total. The molecule has 2 rings (SSSR count). The smallest absolute Gasteiger partial charge is 0.226 e. The van der Waals surface area contributed by atoms with E-state index < -0.39 is 0 Å². The van der Waals surface area contributed by atoms with Crippen molar-refractivity contribution < 1.29 is 4.79 Å². The minimum atomic E-state index is 0.00956. The summed E-state index contributed by atoms with van der Waals surface area (Å²) in [5.74, 6) is 0.00956. The summed E-state index contributed by atoms with van der Waals surface area (Å²) in [5, 5.41) is 5.74. The van der Waals surface area contributed by atoms with Gasteiger partial charge < -0.3 is 11.1 Å². The molecular formula is C15H19N3OS. The van der Waals surface area contributed by atoms with Crippen LogP contribution in [-0.4, -0.2) is 16.9 Å². The number of carbonyl (C=O) groups is 1. The summed E-state index contributed by atoms with van der Waals surface area (Å²) in [6.45, 7) is 4.44. The van der Waals surface area contributed by atoms with Crippen molar-refractivity contribution in [2.75, 3.05) is 0 Å². The van der Waals surface area contributed by atoms with Crippen molar-refractivity contribution in [3.63, 3.8) is 0 Å². The monoisotopic (exact) mass is 289 g/mol. The lowest BCUT2D eigenvalue weighted by Gasteiger charge is -2.06. The number of thiazole rings is 1. The van der Waals surface area contributed by atoms with Gasteiger partial charge in [-0.15, -0.1) is 11.3 Å². The maximum atomic E-state index is 11.7. The highest BCUT2D eigenvalue weighted by molar-refractivity contribution is 7.13. The Labute approximate surface area is 123 Å². The van der Waals surface area contributed by atoms with E-state index in [4.69, 9.17) is 5.73 Å². The Morgan fingerprint density at radius 1 is 1.35 bits per heavy atom. The molecule has 0 saturated heterocycles. The van der Waals surface area contributed by atoms with Crippen LogP contribution >= 0.6 is 11.3 Å². The van der Waals surface area contributed by atoms with E-state index in [1.807, 2.05) is 43.5 Å². The van der Waals surface area contributed by atoms with Gasteiger partial charge in [0.25, 0.3) is 0 Å². The normalized spacial score (nSPS) is 10.8. The highest BCUT2D eigenvalue weighted by Gasteiger charge is 2.09. The van der Waals surface area contributed by atoms with E-state index in [1.165, 1.54) is 0 Å². The average molecular weight is 289 g/mol. The molecule has 0 aliphatic rings. The maximum absolute atomic E-state index is 11.7. The van der Waals surface area contributed by atoms with Gasteiger partial charge in [0, 0.05) is 23.5 Å². The van der Waals surface area contributed by atoms with Gasteiger partial charge in [0.05, 0.1) is 12.1 Å². The van der Waals surface area contributed by atoms with E-state index in [2.05, 4.69) is 10.3 Å². The van der Waals surface area contributed by atoms with Crippen LogP contribution in [0.25, 0.3) is 10.6 Å². The summed E-state index contributed by atoms with van der Waals surface area (Å²) >= 11 is 1.55. The average Bonchev–Trinajstić information content (AvgIpc) is 2.86. The van der Waals surface area contributed by atoms with Gasteiger partial charge in [0.2, 0.25) is 5.91 Å². The highest BCUT2D eigenvalue weighted by atomic mass is 32.1. The molecule has 0 bridgehead atoms. The summed E-state index contributed by atoms with van der Waals surface area (Å²) < 4.78 is 0. The van der Waals surface area contributed by atoms with Gasteiger partial charge in [0.1, 0.15) is 5.01 Å². The molecule has 0 atom stereocenters. The van der Waals surface area contributed by atoms with Gasteiger partial charge in [-0.05, 0) is 19.4 Å². The minimum absolute atomic E-state index is 0.00956. The molecule has 1 aromatic heterocycles. The molecule has 0 aliphatic carbocycles. The predicted molar refractivity (Wildman–Crippen MR) is 82.4 cm³/mol. The van der Waals surface area contributed by atoms with Crippen molar-refractivity contribution in [2.45, 2.75) is 32.9 Å². The summed E-state index contributed by atoms with van der Waals surface area (Å²) in [6.07, 6.45) is 0.329. The number of nitrogens with two attached hydrogens (primary N) is 1. The van der Waals surface area contributed by atoms with E-state index in [-0.39, 0.29) is 11.9 Å². The number of rotatable bonds is 5. The molecule has 0 aliphatic heterocycles. The molecule has 20 heavy (non-hydrogen) atoms. The fourth-order valence-corrected chi connectivity index (χ4v) is 2.67.